The molecular weight excluding hydrogens is 296 g/mol. The molecule has 0 amide bonds. The third-order valence-corrected chi connectivity index (χ3v) is 3.10. The van der Waals surface area contributed by atoms with E-state index >= 15 is 0 Å². The highest BCUT2D eigenvalue weighted by Crippen LogP contribution is 2.18. The van der Waals surface area contributed by atoms with Gasteiger partial charge in [-0.25, -0.2) is 4.98 Å². The number of carbonyl (C=O) groups excluding carboxylic acids is 1. The Kier molecular flexibility index (Phi) is 3.43. The summed E-state index contributed by atoms with van der Waals surface area (Å²) in [5, 5.41) is 0. The van der Waals surface area contributed by atoms with Crippen molar-refractivity contribution < 1.29 is 4.79 Å². The molecule has 0 aliphatic rings. The zero-order chi connectivity index (χ0) is 13.3. The number of hydrogen-bond donors (Lipinski definition) is 1. The first-order valence-corrected chi connectivity index (χ1v) is 6.16. The highest BCUT2D eigenvalue weighted by atomic mass is 79.9. The van der Waals surface area contributed by atoms with Crippen molar-refractivity contribution in [1.29, 1.82) is 0 Å². The molecule has 0 unspecified atom stereocenters. The van der Waals surface area contributed by atoms with Gasteiger partial charge in [-0.1, -0.05) is 28.1 Å². The van der Waals surface area contributed by atoms with E-state index in [-0.39, 0.29) is 11.3 Å². The highest BCUT2D eigenvalue weighted by molar-refractivity contribution is 9.10. The first-order chi connectivity index (χ1) is 8.49. The largest absolute Gasteiger partial charge is 0.306 e. The van der Waals surface area contributed by atoms with Crippen LogP contribution in [-0.2, 0) is 0 Å². The lowest BCUT2D eigenvalue weighted by atomic mass is 10.1. The number of nitrogens with zero attached hydrogens (tertiary/aromatic N) is 1. The van der Waals surface area contributed by atoms with Crippen molar-refractivity contribution in [3.63, 3.8) is 0 Å². The van der Waals surface area contributed by atoms with Gasteiger partial charge in [0.1, 0.15) is 11.4 Å². The van der Waals surface area contributed by atoms with Crippen LogP contribution in [0.5, 0.6) is 0 Å². The summed E-state index contributed by atoms with van der Waals surface area (Å²) < 4.78 is 0.950. The molecule has 0 aliphatic heterocycles. The number of halogens is 1. The number of Topliss-reactive ketones (excluding diaryl/α,β-unsaturated/α-hetero) is 1. The van der Waals surface area contributed by atoms with E-state index in [9.17, 15) is 9.59 Å². The summed E-state index contributed by atoms with van der Waals surface area (Å²) in [4.78, 5) is 30.0. The van der Waals surface area contributed by atoms with Crippen molar-refractivity contribution >= 4 is 21.7 Å². The molecule has 0 atom stereocenters. The van der Waals surface area contributed by atoms with Crippen molar-refractivity contribution in [2.45, 2.75) is 13.8 Å². The van der Waals surface area contributed by atoms with Crippen LogP contribution in [0.4, 0.5) is 0 Å². The predicted octanol–water partition coefficient (Wildman–Crippen LogP) is 2.71. The molecule has 1 aromatic carbocycles. The van der Waals surface area contributed by atoms with Crippen LogP contribution >= 0.6 is 15.9 Å². The fraction of sp³-hybridized carbons (Fsp3) is 0.154. The molecule has 0 spiro atoms. The second-order valence-electron chi connectivity index (χ2n) is 3.94. The van der Waals surface area contributed by atoms with E-state index in [0.29, 0.717) is 11.5 Å². The van der Waals surface area contributed by atoms with Gasteiger partial charge in [0.15, 0.2) is 5.78 Å². The van der Waals surface area contributed by atoms with Gasteiger partial charge in [0.2, 0.25) is 0 Å². The van der Waals surface area contributed by atoms with E-state index in [1.807, 2.05) is 24.3 Å². The molecule has 2 aromatic rings. The van der Waals surface area contributed by atoms with E-state index in [0.717, 1.165) is 10.0 Å². The van der Waals surface area contributed by atoms with Crippen molar-refractivity contribution in [2.75, 3.05) is 0 Å². The predicted molar refractivity (Wildman–Crippen MR) is 72.7 cm³/mol. The van der Waals surface area contributed by atoms with Crippen molar-refractivity contribution in [1.82, 2.24) is 9.97 Å². The average molecular weight is 307 g/mol. The summed E-state index contributed by atoms with van der Waals surface area (Å²) in [6.45, 7) is 3.02. The van der Waals surface area contributed by atoms with Crippen LogP contribution in [0.25, 0.3) is 11.4 Å². The Bertz CT molecular complexity index is 660. The molecule has 0 aliphatic carbocycles. The number of benzene rings is 1. The minimum absolute atomic E-state index is 0.121. The van der Waals surface area contributed by atoms with E-state index in [4.69, 9.17) is 0 Å². The highest BCUT2D eigenvalue weighted by Gasteiger charge is 2.12. The molecule has 0 saturated carbocycles. The van der Waals surface area contributed by atoms with Gasteiger partial charge in [0, 0.05) is 10.0 Å². The maximum Gasteiger partial charge on any atom is 0.262 e. The lowest BCUT2D eigenvalue weighted by molar-refractivity contribution is 0.101. The number of rotatable bonds is 2. The second-order valence-corrected chi connectivity index (χ2v) is 4.85. The maximum atomic E-state index is 11.8. The van der Waals surface area contributed by atoms with E-state index in [1.165, 1.54) is 6.92 Å². The SMILES string of the molecule is CC(=O)c1c(C)nc(-c2ccc(Br)cc2)[nH]c1=O. The summed E-state index contributed by atoms with van der Waals surface area (Å²) in [6, 6.07) is 7.41. The van der Waals surface area contributed by atoms with E-state index in [2.05, 4.69) is 25.9 Å². The van der Waals surface area contributed by atoms with Crippen LogP contribution in [0, 0.1) is 6.92 Å². The first-order valence-electron chi connectivity index (χ1n) is 5.37. The van der Waals surface area contributed by atoms with Gasteiger partial charge < -0.3 is 4.98 Å². The third kappa shape index (κ3) is 2.41. The minimum atomic E-state index is -0.395. The molecule has 1 aromatic heterocycles. The van der Waals surface area contributed by atoms with Gasteiger partial charge in [0.05, 0.1) is 5.69 Å². The Balaban J connectivity index is 2.58. The average Bonchev–Trinajstić information content (AvgIpc) is 2.28. The molecule has 5 heteroatoms. The molecule has 4 nitrogen and oxygen atoms in total. The molecule has 0 saturated heterocycles. The summed E-state index contributed by atoms with van der Waals surface area (Å²) >= 11 is 3.34. The normalized spacial score (nSPS) is 10.4. The smallest absolute Gasteiger partial charge is 0.262 e. The lowest BCUT2D eigenvalue weighted by Gasteiger charge is -2.05. The van der Waals surface area contributed by atoms with Crippen molar-refractivity contribution in [3.8, 4) is 11.4 Å². The number of aryl methyl sites for hydroxylation is 1. The molecule has 1 heterocycles. The van der Waals surface area contributed by atoms with E-state index in [1.54, 1.807) is 6.92 Å². The summed E-state index contributed by atoms with van der Waals surface area (Å²) in [6.07, 6.45) is 0. The quantitative estimate of drug-likeness (QED) is 0.868. The molecule has 0 bridgehead atoms. The zero-order valence-electron chi connectivity index (χ0n) is 9.95. The first kappa shape index (κ1) is 12.7. The van der Waals surface area contributed by atoms with Gasteiger partial charge in [-0.2, -0.15) is 0 Å². The summed E-state index contributed by atoms with van der Waals surface area (Å²) in [5.74, 6) is 0.193. The Morgan fingerprint density at radius 2 is 1.89 bits per heavy atom. The number of ketones is 1. The Labute approximate surface area is 112 Å². The monoisotopic (exact) mass is 306 g/mol. The van der Waals surface area contributed by atoms with Crippen LogP contribution in [0.3, 0.4) is 0 Å². The second kappa shape index (κ2) is 4.86. The fourth-order valence-electron chi connectivity index (χ4n) is 1.75. The van der Waals surface area contributed by atoms with Crippen LogP contribution in [0.15, 0.2) is 33.5 Å². The molecule has 2 rings (SSSR count). The van der Waals surface area contributed by atoms with Crippen LogP contribution in [-0.4, -0.2) is 15.8 Å². The number of aromatic amines is 1. The number of aromatic nitrogens is 2. The van der Waals surface area contributed by atoms with Crippen LogP contribution in [0.1, 0.15) is 23.0 Å². The van der Waals surface area contributed by atoms with Crippen LogP contribution < -0.4 is 5.56 Å². The maximum absolute atomic E-state index is 11.8. The standard InChI is InChI=1S/C13H11BrN2O2/c1-7-11(8(2)17)13(18)16-12(15-7)9-3-5-10(14)6-4-9/h3-6H,1-2H3,(H,15,16,18). The number of nitrogens with one attached hydrogen (secondary N) is 1. The summed E-state index contributed by atoms with van der Waals surface area (Å²) in [7, 11) is 0. The van der Waals surface area contributed by atoms with Crippen molar-refractivity contribution in [3.05, 3.63) is 50.3 Å². The van der Waals surface area contributed by atoms with Gasteiger partial charge >= 0.3 is 0 Å². The number of hydrogen-bond acceptors (Lipinski definition) is 3. The van der Waals surface area contributed by atoms with Gasteiger partial charge in [-0.3, -0.25) is 9.59 Å². The van der Waals surface area contributed by atoms with E-state index < -0.39 is 5.56 Å². The Morgan fingerprint density at radius 1 is 1.28 bits per heavy atom. The zero-order valence-corrected chi connectivity index (χ0v) is 11.5. The number of H-pyrrole nitrogens is 1. The molecule has 18 heavy (non-hydrogen) atoms. The van der Waals surface area contributed by atoms with Gasteiger partial charge in [0.25, 0.3) is 5.56 Å². The van der Waals surface area contributed by atoms with Gasteiger partial charge in [-0.15, -0.1) is 0 Å². The van der Waals surface area contributed by atoms with Crippen LogP contribution in [0.2, 0.25) is 0 Å². The Hall–Kier alpha value is -1.75. The number of carbonyl (C=O) groups is 1. The molecule has 0 radical (unpaired) electrons. The topological polar surface area (TPSA) is 62.8 Å². The Morgan fingerprint density at radius 3 is 2.39 bits per heavy atom. The summed E-state index contributed by atoms with van der Waals surface area (Å²) in [5.41, 5.74) is 0.974. The molecule has 1 N–H and O–H groups in total. The van der Waals surface area contributed by atoms with Gasteiger partial charge in [-0.05, 0) is 26.0 Å². The fourth-order valence-corrected chi connectivity index (χ4v) is 2.01. The third-order valence-electron chi connectivity index (χ3n) is 2.57. The minimum Gasteiger partial charge on any atom is -0.306 e. The van der Waals surface area contributed by atoms with Crippen molar-refractivity contribution in [2.24, 2.45) is 0 Å². The molecule has 92 valence electrons. The molecular formula is C13H11BrN2O2. The molecule has 0 fully saturated rings. The lowest BCUT2D eigenvalue weighted by Crippen LogP contribution is -2.20.